The normalized spacial score (nSPS) is 48.7. The van der Waals surface area contributed by atoms with Crippen molar-refractivity contribution in [3.63, 3.8) is 0 Å². The van der Waals surface area contributed by atoms with Gasteiger partial charge < -0.3 is 30.6 Å². The lowest BCUT2D eigenvalue weighted by Gasteiger charge is -2.62. The Balaban J connectivity index is 1.75. The zero-order valence-electron chi connectivity index (χ0n) is 21.0. The molecule has 0 radical (unpaired) electrons. The van der Waals surface area contributed by atoms with Gasteiger partial charge in [0.05, 0.1) is 35.6 Å². The summed E-state index contributed by atoms with van der Waals surface area (Å²) in [5, 5.41) is 66.8. The molecule has 0 amide bonds. The zero-order chi connectivity index (χ0) is 25.4. The molecule has 0 aromatic rings. The van der Waals surface area contributed by atoms with Gasteiger partial charge in [0.1, 0.15) is 0 Å². The minimum Gasteiger partial charge on any atom is -0.392 e. The van der Waals surface area contributed by atoms with Crippen molar-refractivity contribution >= 4 is 5.78 Å². The van der Waals surface area contributed by atoms with Crippen LogP contribution in [0.15, 0.2) is 23.3 Å². The first kappa shape index (κ1) is 26.0. The summed E-state index contributed by atoms with van der Waals surface area (Å²) in [6, 6.07) is 0. The summed E-state index contributed by atoms with van der Waals surface area (Å²) in [4.78, 5) is 13.3. The summed E-state index contributed by atoms with van der Waals surface area (Å²) in [6.45, 7) is 9.19. The molecule has 0 spiro atoms. The minimum absolute atomic E-state index is 0.132. The van der Waals surface area contributed by atoms with E-state index in [1.807, 2.05) is 33.8 Å². The summed E-state index contributed by atoms with van der Waals surface area (Å²) in [5.41, 5.74) is -3.16. The number of ketones is 1. The van der Waals surface area contributed by atoms with Gasteiger partial charge in [-0.2, -0.15) is 0 Å². The molecule has 0 unspecified atom stereocenters. The Bertz CT molecular complexity index is 905. The first-order chi connectivity index (χ1) is 15.6. The third-order valence-corrected chi connectivity index (χ3v) is 10.2. The van der Waals surface area contributed by atoms with Crippen molar-refractivity contribution in [3.05, 3.63) is 23.3 Å². The average molecular weight is 479 g/mol. The summed E-state index contributed by atoms with van der Waals surface area (Å²) in [6.07, 6.45) is 0.970. The third kappa shape index (κ3) is 3.50. The molecule has 34 heavy (non-hydrogen) atoms. The highest BCUT2D eigenvalue weighted by atomic mass is 16.3. The molecule has 0 aliphatic heterocycles. The number of carbonyl (C=O) groups excluding carboxylic acids is 1. The van der Waals surface area contributed by atoms with Crippen molar-refractivity contribution in [2.24, 2.45) is 28.6 Å². The molecular weight excluding hydrogens is 436 g/mol. The van der Waals surface area contributed by atoms with Crippen molar-refractivity contribution in [1.29, 1.82) is 0 Å². The van der Waals surface area contributed by atoms with Gasteiger partial charge in [-0.05, 0) is 82.3 Å². The number of hydrogen-bond acceptors (Lipinski definition) is 7. The fraction of sp³-hybridized carbons (Fsp3) is 0.815. The molecule has 0 heterocycles. The highest BCUT2D eigenvalue weighted by molar-refractivity contribution is 5.95. The van der Waals surface area contributed by atoms with Gasteiger partial charge in [0.15, 0.2) is 5.78 Å². The Labute approximate surface area is 202 Å². The SMILES string of the molecule is CC(C)=CC[C@@H](O)[C@](C)(O)[C@H]1CC[C@@]2(O)C3=CC(=O)[C@@H]4C[C@@H](O)[C@@H](O)C[C@]4(C)[C@H]3[C@H](O)C[C@]12C. The number of rotatable bonds is 4. The minimum atomic E-state index is -1.51. The van der Waals surface area contributed by atoms with Crippen molar-refractivity contribution in [1.82, 2.24) is 0 Å². The van der Waals surface area contributed by atoms with Crippen LogP contribution in [0.1, 0.15) is 73.1 Å². The molecule has 0 saturated heterocycles. The van der Waals surface area contributed by atoms with E-state index < -0.39 is 64.2 Å². The van der Waals surface area contributed by atoms with Gasteiger partial charge in [0, 0.05) is 17.3 Å². The van der Waals surface area contributed by atoms with E-state index in [9.17, 15) is 35.4 Å². The van der Waals surface area contributed by atoms with E-state index in [0.717, 1.165) is 5.57 Å². The molecule has 4 aliphatic rings. The Kier molecular flexibility index (Phi) is 6.28. The number of allylic oxidation sites excluding steroid dienone is 2. The molecular formula is C27H42O7. The van der Waals surface area contributed by atoms with Crippen LogP contribution in [-0.4, -0.2) is 72.0 Å². The van der Waals surface area contributed by atoms with E-state index >= 15 is 0 Å². The van der Waals surface area contributed by atoms with Gasteiger partial charge in [0.25, 0.3) is 0 Å². The molecule has 6 N–H and O–H groups in total. The summed E-state index contributed by atoms with van der Waals surface area (Å²) in [7, 11) is 0. The predicted octanol–water partition coefficient (Wildman–Crippen LogP) is 1.63. The molecule has 7 heteroatoms. The number of aliphatic hydroxyl groups excluding tert-OH is 4. The monoisotopic (exact) mass is 478 g/mol. The molecule has 7 nitrogen and oxygen atoms in total. The Morgan fingerprint density at radius 1 is 1.18 bits per heavy atom. The standard InChI is InChI=1S/C27H42O7/c1-14(2)6-7-22(32)26(5,33)21-8-9-27(34)16-11-17(28)15-10-18(29)19(30)12-24(15,3)23(16)20(31)13-25(21,27)4/h6,11,15,18-23,29-34H,7-10,12-13H2,1-5H3/t15-,18+,19-,20+,21-,22+,23+,24-,25+,26+,27+/m0/s1. The average Bonchev–Trinajstić information content (AvgIpc) is 2.99. The van der Waals surface area contributed by atoms with Crippen LogP contribution in [-0.2, 0) is 4.79 Å². The van der Waals surface area contributed by atoms with Crippen LogP contribution < -0.4 is 0 Å². The first-order valence-corrected chi connectivity index (χ1v) is 12.7. The molecule has 11 atom stereocenters. The quantitative estimate of drug-likeness (QED) is 0.338. The van der Waals surface area contributed by atoms with Crippen molar-refractivity contribution < 1.29 is 35.4 Å². The molecule has 4 rings (SSSR count). The summed E-state index contributed by atoms with van der Waals surface area (Å²) >= 11 is 0. The predicted molar refractivity (Wildman–Crippen MR) is 127 cm³/mol. The smallest absolute Gasteiger partial charge is 0.159 e. The fourth-order valence-corrected chi connectivity index (χ4v) is 8.24. The number of fused-ring (bicyclic) bond motifs is 5. The van der Waals surface area contributed by atoms with E-state index in [1.54, 1.807) is 6.92 Å². The van der Waals surface area contributed by atoms with Gasteiger partial charge in [-0.1, -0.05) is 25.5 Å². The number of aliphatic hydroxyl groups is 6. The van der Waals surface area contributed by atoms with Gasteiger partial charge in [-0.15, -0.1) is 0 Å². The molecule has 3 saturated carbocycles. The lowest BCUT2D eigenvalue weighted by atomic mass is 9.45. The van der Waals surface area contributed by atoms with Crippen LogP contribution in [0.25, 0.3) is 0 Å². The highest BCUT2D eigenvalue weighted by Gasteiger charge is 2.71. The maximum absolute atomic E-state index is 13.3. The fourth-order valence-electron chi connectivity index (χ4n) is 8.24. The second-order valence-corrected chi connectivity index (χ2v) is 12.5. The molecule has 192 valence electrons. The number of carbonyl (C=O) groups is 1. The van der Waals surface area contributed by atoms with Crippen molar-refractivity contribution in [2.75, 3.05) is 0 Å². The summed E-state index contributed by atoms with van der Waals surface area (Å²) in [5.74, 6) is -1.76. The van der Waals surface area contributed by atoms with Gasteiger partial charge in [-0.25, -0.2) is 0 Å². The first-order valence-electron chi connectivity index (χ1n) is 12.7. The van der Waals surface area contributed by atoms with Crippen molar-refractivity contribution in [2.45, 2.75) is 109 Å². The zero-order valence-corrected chi connectivity index (χ0v) is 21.0. The molecule has 0 bridgehead atoms. The van der Waals surface area contributed by atoms with E-state index in [2.05, 4.69) is 0 Å². The summed E-state index contributed by atoms with van der Waals surface area (Å²) < 4.78 is 0. The highest BCUT2D eigenvalue weighted by Crippen LogP contribution is 2.68. The maximum Gasteiger partial charge on any atom is 0.159 e. The van der Waals surface area contributed by atoms with Crippen molar-refractivity contribution in [3.8, 4) is 0 Å². The Morgan fingerprint density at radius 2 is 1.82 bits per heavy atom. The third-order valence-electron chi connectivity index (χ3n) is 10.2. The largest absolute Gasteiger partial charge is 0.392 e. The van der Waals surface area contributed by atoms with Crippen LogP contribution in [0.3, 0.4) is 0 Å². The Morgan fingerprint density at radius 3 is 2.44 bits per heavy atom. The van der Waals surface area contributed by atoms with Crippen LogP contribution in [0.4, 0.5) is 0 Å². The lowest BCUT2D eigenvalue weighted by Crippen LogP contribution is -2.66. The van der Waals surface area contributed by atoms with Crippen LogP contribution in [0, 0.1) is 28.6 Å². The van der Waals surface area contributed by atoms with E-state index in [-0.39, 0.29) is 31.5 Å². The lowest BCUT2D eigenvalue weighted by molar-refractivity contribution is -0.195. The second kappa shape index (κ2) is 8.22. The van der Waals surface area contributed by atoms with Gasteiger partial charge in [-0.3, -0.25) is 4.79 Å². The molecule has 0 aromatic carbocycles. The molecule has 0 aromatic heterocycles. The van der Waals surface area contributed by atoms with Gasteiger partial charge in [0.2, 0.25) is 0 Å². The maximum atomic E-state index is 13.3. The van der Waals surface area contributed by atoms with E-state index in [1.165, 1.54) is 6.08 Å². The molecule has 3 fully saturated rings. The van der Waals surface area contributed by atoms with E-state index in [0.29, 0.717) is 18.4 Å². The van der Waals surface area contributed by atoms with Crippen LogP contribution in [0.5, 0.6) is 0 Å². The Hall–Kier alpha value is -1.09. The van der Waals surface area contributed by atoms with Crippen LogP contribution in [0.2, 0.25) is 0 Å². The van der Waals surface area contributed by atoms with E-state index in [4.69, 9.17) is 0 Å². The topological polar surface area (TPSA) is 138 Å². The van der Waals surface area contributed by atoms with Gasteiger partial charge >= 0.3 is 0 Å². The second-order valence-electron chi connectivity index (χ2n) is 12.5. The van der Waals surface area contributed by atoms with Crippen LogP contribution >= 0.6 is 0 Å². The molecule has 4 aliphatic carbocycles. The number of hydrogen-bond donors (Lipinski definition) is 6.